The van der Waals surface area contributed by atoms with Gasteiger partial charge in [0.25, 0.3) is 0 Å². The molecule has 0 fully saturated rings. The number of hydrogen-bond donors (Lipinski definition) is 0. The molecular weight excluding hydrogens is 220 g/mol. The van der Waals surface area contributed by atoms with E-state index in [0.717, 1.165) is 23.6 Å². The Bertz CT molecular complexity index is 420. The highest BCUT2D eigenvalue weighted by molar-refractivity contribution is 6.31. The molecule has 0 spiro atoms. The van der Waals surface area contributed by atoms with E-state index < -0.39 is 0 Å². The monoisotopic (exact) mass is 234 g/mol. The lowest BCUT2D eigenvalue weighted by molar-refractivity contribution is 0.299. The minimum absolute atomic E-state index is 0.486. The topological polar surface area (TPSA) is 9.23 Å². The number of allylic oxidation sites excluding steroid dienone is 3. The third-order valence-electron chi connectivity index (χ3n) is 2.80. The zero-order valence-corrected chi connectivity index (χ0v) is 10.1. The fraction of sp³-hybridized carbons (Fsp3) is 0.286. The molecule has 0 aliphatic heterocycles. The van der Waals surface area contributed by atoms with Gasteiger partial charge >= 0.3 is 0 Å². The van der Waals surface area contributed by atoms with Crippen LogP contribution in [0.4, 0.5) is 0 Å². The van der Waals surface area contributed by atoms with E-state index in [1.807, 2.05) is 24.3 Å². The molecule has 0 aromatic heterocycles. The van der Waals surface area contributed by atoms with E-state index >= 15 is 0 Å². The van der Waals surface area contributed by atoms with Gasteiger partial charge in [0.1, 0.15) is 5.76 Å². The summed E-state index contributed by atoms with van der Waals surface area (Å²) in [5.41, 5.74) is 1.20. The van der Waals surface area contributed by atoms with Crippen LogP contribution in [-0.4, -0.2) is 7.11 Å². The highest BCUT2D eigenvalue weighted by Crippen LogP contribution is 2.24. The van der Waals surface area contributed by atoms with Crippen molar-refractivity contribution in [3.8, 4) is 0 Å². The third kappa shape index (κ3) is 2.67. The van der Waals surface area contributed by atoms with E-state index in [0.29, 0.717) is 5.92 Å². The molecule has 0 saturated carbocycles. The van der Waals surface area contributed by atoms with Crippen molar-refractivity contribution in [3.63, 3.8) is 0 Å². The maximum absolute atomic E-state index is 6.14. The molecule has 1 aromatic rings. The Morgan fingerprint density at radius 1 is 1.38 bits per heavy atom. The second kappa shape index (κ2) is 5.22. The standard InChI is InChI=1S/C14H15ClO/c1-16-13-7-4-5-11(10-13)9-12-6-2-3-8-14(12)15/h2-4,6-8,10-11H,5,9H2,1H3. The van der Waals surface area contributed by atoms with Gasteiger partial charge < -0.3 is 4.74 Å². The molecule has 1 aliphatic carbocycles. The van der Waals surface area contributed by atoms with Gasteiger partial charge in [-0.05, 0) is 42.5 Å². The highest BCUT2D eigenvalue weighted by Gasteiger charge is 2.12. The molecule has 2 heteroatoms. The lowest BCUT2D eigenvalue weighted by atomic mass is 9.92. The molecule has 16 heavy (non-hydrogen) atoms. The van der Waals surface area contributed by atoms with Crippen molar-refractivity contribution in [2.24, 2.45) is 5.92 Å². The Hall–Kier alpha value is -1.21. The first kappa shape index (κ1) is 11.3. The van der Waals surface area contributed by atoms with E-state index in [1.165, 1.54) is 5.56 Å². The van der Waals surface area contributed by atoms with Crippen LogP contribution in [0.15, 0.2) is 48.3 Å². The highest BCUT2D eigenvalue weighted by atomic mass is 35.5. The molecule has 1 aromatic carbocycles. The van der Waals surface area contributed by atoms with E-state index in [9.17, 15) is 0 Å². The minimum Gasteiger partial charge on any atom is -0.497 e. The van der Waals surface area contributed by atoms with Gasteiger partial charge in [-0.15, -0.1) is 0 Å². The molecule has 1 nitrogen and oxygen atoms in total. The second-order valence-corrected chi connectivity index (χ2v) is 4.37. The maximum atomic E-state index is 6.14. The van der Waals surface area contributed by atoms with Crippen LogP contribution in [0.3, 0.4) is 0 Å². The lowest BCUT2D eigenvalue weighted by Crippen LogP contribution is -2.05. The van der Waals surface area contributed by atoms with Crippen molar-refractivity contribution in [2.45, 2.75) is 12.8 Å². The summed E-state index contributed by atoms with van der Waals surface area (Å²) in [5, 5.41) is 0.851. The van der Waals surface area contributed by atoms with E-state index in [-0.39, 0.29) is 0 Å². The van der Waals surface area contributed by atoms with Crippen LogP contribution in [0.25, 0.3) is 0 Å². The molecule has 0 N–H and O–H groups in total. The first-order valence-corrected chi connectivity index (χ1v) is 5.83. The van der Waals surface area contributed by atoms with Crippen LogP contribution in [0, 0.1) is 5.92 Å². The fourth-order valence-corrected chi connectivity index (χ4v) is 2.15. The average Bonchev–Trinajstić information content (AvgIpc) is 2.32. The first-order valence-electron chi connectivity index (χ1n) is 5.45. The summed E-state index contributed by atoms with van der Waals surface area (Å²) in [4.78, 5) is 0. The summed E-state index contributed by atoms with van der Waals surface area (Å²) < 4.78 is 5.23. The summed E-state index contributed by atoms with van der Waals surface area (Å²) in [7, 11) is 1.70. The summed E-state index contributed by atoms with van der Waals surface area (Å²) >= 11 is 6.14. The molecule has 0 bridgehead atoms. The molecular formula is C14H15ClO. The van der Waals surface area contributed by atoms with Crippen LogP contribution < -0.4 is 0 Å². The Morgan fingerprint density at radius 2 is 2.19 bits per heavy atom. The zero-order chi connectivity index (χ0) is 11.4. The van der Waals surface area contributed by atoms with E-state index in [2.05, 4.69) is 18.2 Å². The van der Waals surface area contributed by atoms with Gasteiger partial charge in [-0.3, -0.25) is 0 Å². The van der Waals surface area contributed by atoms with Gasteiger partial charge in [0.05, 0.1) is 7.11 Å². The maximum Gasteiger partial charge on any atom is 0.114 e. The smallest absolute Gasteiger partial charge is 0.114 e. The molecule has 0 saturated heterocycles. The summed E-state index contributed by atoms with van der Waals surface area (Å²) in [5.74, 6) is 1.43. The Morgan fingerprint density at radius 3 is 2.94 bits per heavy atom. The van der Waals surface area contributed by atoms with Crippen LogP contribution in [0.2, 0.25) is 5.02 Å². The van der Waals surface area contributed by atoms with Gasteiger partial charge in [-0.1, -0.05) is 35.9 Å². The van der Waals surface area contributed by atoms with Crippen molar-refractivity contribution >= 4 is 11.6 Å². The fourth-order valence-electron chi connectivity index (χ4n) is 1.94. The molecule has 84 valence electrons. The number of methoxy groups -OCH3 is 1. The first-order chi connectivity index (χ1) is 7.79. The number of benzene rings is 1. The second-order valence-electron chi connectivity index (χ2n) is 3.97. The van der Waals surface area contributed by atoms with Crippen molar-refractivity contribution in [1.29, 1.82) is 0 Å². The minimum atomic E-state index is 0.486. The molecule has 2 rings (SSSR count). The Balaban J connectivity index is 2.09. The van der Waals surface area contributed by atoms with Crippen LogP contribution in [0.5, 0.6) is 0 Å². The number of hydrogen-bond acceptors (Lipinski definition) is 1. The number of halogens is 1. The van der Waals surface area contributed by atoms with Gasteiger partial charge in [-0.2, -0.15) is 0 Å². The molecule has 0 heterocycles. The molecule has 0 radical (unpaired) electrons. The van der Waals surface area contributed by atoms with Crippen molar-refractivity contribution in [1.82, 2.24) is 0 Å². The molecule has 1 atom stereocenters. The summed E-state index contributed by atoms with van der Waals surface area (Å²) in [6.45, 7) is 0. The van der Waals surface area contributed by atoms with Gasteiger partial charge in [0.15, 0.2) is 0 Å². The summed E-state index contributed by atoms with van der Waals surface area (Å²) in [6.07, 6.45) is 8.36. The van der Waals surface area contributed by atoms with Crippen LogP contribution in [-0.2, 0) is 11.2 Å². The summed E-state index contributed by atoms with van der Waals surface area (Å²) in [6, 6.07) is 8.02. The van der Waals surface area contributed by atoms with Crippen LogP contribution in [0.1, 0.15) is 12.0 Å². The van der Waals surface area contributed by atoms with Gasteiger partial charge in [0, 0.05) is 5.02 Å². The third-order valence-corrected chi connectivity index (χ3v) is 3.17. The predicted molar refractivity (Wildman–Crippen MR) is 67.5 cm³/mol. The van der Waals surface area contributed by atoms with Crippen molar-refractivity contribution in [3.05, 3.63) is 58.8 Å². The SMILES string of the molecule is COC1=CC(Cc2ccccc2Cl)CC=C1. The van der Waals surface area contributed by atoms with E-state index in [4.69, 9.17) is 16.3 Å². The quantitative estimate of drug-likeness (QED) is 0.769. The van der Waals surface area contributed by atoms with Gasteiger partial charge in [0.2, 0.25) is 0 Å². The average molecular weight is 235 g/mol. The Kier molecular flexibility index (Phi) is 3.68. The van der Waals surface area contributed by atoms with E-state index in [1.54, 1.807) is 7.11 Å². The normalized spacial score (nSPS) is 19.4. The number of rotatable bonds is 3. The van der Waals surface area contributed by atoms with Crippen molar-refractivity contribution < 1.29 is 4.74 Å². The molecule has 1 unspecified atom stereocenters. The predicted octanol–water partition coefficient (Wildman–Crippen LogP) is 3.99. The molecule has 1 aliphatic rings. The zero-order valence-electron chi connectivity index (χ0n) is 9.32. The van der Waals surface area contributed by atoms with Gasteiger partial charge in [-0.25, -0.2) is 0 Å². The largest absolute Gasteiger partial charge is 0.497 e. The Labute approximate surface area is 101 Å². The van der Waals surface area contributed by atoms with Crippen molar-refractivity contribution in [2.75, 3.05) is 7.11 Å². The lowest BCUT2D eigenvalue weighted by Gasteiger charge is -2.16. The van der Waals surface area contributed by atoms with Crippen LogP contribution >= 0.6 is 11.6 Å². The number of ether oxygens (including phenoxy) is 1. The molecule has 0 amide bonds.